The van der Waals surface area contributed by atoms with Crippen molar-refractivity contribution in [3.05, 3.63) is 48.5 Å². The predicted octanol–water partition coefficient (Wildman–Crippen LogP) is 2.85. The van der Waals surface area contributed by atoms with Gasteiger partial charge in [-0.15, -0.1) is 0 Å². The van der Waals surface area contributed by atoms with Crippen molar-refractivity contribution in [2.45, 2.75) is 50.2 Å². The molecule has 1 saturated heterocycles. The molecule has 35 heavy (non-hydrogen) atoms. The van der Waals surface area contributed by atoms with Gasteiger partial charge in [0.25, 0.3) is 0 Å². The smallest absolute Gasteiger partial charge is 0.208 e. The number of rotatable bonds is 7. The van der Waals surface area contributed by atoms with Crippen molar-refractivity contribution >= 4 is 26.7 Å². The fraction of sp³-hybridized carbons (Fsp3) is 0.560. The minimum Gasteiger partial charge on any atom is -0.378 e. The van der Waals surface area contributed by atoms with E-state index in [0.29, 0.717) is 19.1 Å². The SMILES string of the molecule is Cn1ncc2cc([C@H]3CC[C@@H](OC[C@@H]4CN(c5ccccn5)CC[C@@H]4NS(C)(=O)=O)CC3)ncc21. The Kier molecular flexibility index (Phi) is 7.04. The maximum atomic E-state index is 12.0. The average Bonchev–Trinajstić information content (AvgIpc) is 3.23. The summed E-state index contributed by atoms with van der Waals surface area (Å²) < 4.78 is 35.0. The Labute approximate surface area is 206 Å². The van der Waals surface area contributed by atoms with Crippen LogP contribution in [0.4, 0.5) is 5.82 Å². The summed E-state index contributed by atoms with van der Waals surface area (Å²) in [6, 6.07) is 7.93. The lowest BCUT2D eigenvalue weighted by atomic mass is 9.84. The molecule has 1 saturated carbocycles. The molecule has 1 aliphatic heterocycles. The molecule has 0 unspecified atom stereocenters. The van der Waals surface area contributed by atoms with E-state index in [1.54, 1.807) is 6.20 Å². The van der Waals surface area contributed by atoms with Gasteiger partial charge in [-0.05, 0) is 50.3 Å². The number of ether oxygens (including phenoxy) is 1. The molecule has 0 aromatic carbocycles. The minimum atomic E-state index is -3.29. The first-order valence-corrected chi connectivity index (χ1v) is 14.3. The van der Waals surface area contributed by atoms with Crippen molar-refractivity contribution in [1.29, 1.82) is 0 Å². The van der Waals surface area contributed by atoms with Crippen LogP contribution in [-0.2, 0) is 21.8 Å². The van der Waals surface area contributed by atoms with Gasteiger partial charge in [-0.2, -0.15) is 5.10 Å². The largest absolute Gasteiger partial charge is 0.378 e. The van der Waals surface area contributed by atoms with Gasteiger partial charge in [0, 0.05) is 55.3 Å². The number of pyridine rings is 2. The van der Waals surface area contributed by atoms with E-state index in [-0.39, 0.29) is 18.1 Å². The van der Waals surface area contributed by atoms with Crippen molar-refractivity contribution in [3.8, 4) is 0 Å². The molecule has 0 amide bonds. The Morgan fingerprint density at radius 3 is 2.69 bits per heavy atom. The first kappa shape index (κ1) is 24.1. The first-order chi connectivity index (χ1) is 16.9. The summed E-state index contributed by atoms with van der Waals surface area (Å²) >= 11 is 0. The lowest BCUT2D eigenvalue weighted by molar-refractivity contribution is -0.00231. The Bertz CT molecular complexity index is 1240. The van der Waals surface area contributed by atoms with Gasteiger partial charge in [0.2, 0.25) is 10.0 Å². The van der Waals surface area contributed by atoms with Crippen LogP contribution in [0.25, 0.3) is 10.9 Å². The summed E-state index contributed by atoms with van der Waals surface area (Å²) in [6.45, 7) is 2.01. The second-order valence-electron chi connectivity index (χ2n) is 9.92. The number of anilines is 1. The fourth-order valence-electron chi connectivity index (χ4n) is 5.45. The van der Waals surface area contributed by atoms with Crippen molar-refractivity contribution in [3.63, 3.8) is 0 Å². The number of hydrogen-bond acceptors (Lipinski definition) is 7. The zero-order valence-corrected chi connectivity index (χ0v) is 21.2. The number of hydrogen-bond donors (Lipinski definition) is 1. The summed E-state index contributed by atoms with van der Waals surface area (Å²) in [6.07, 6.45) is 11.8. The molecule has 2 atom stereocenters. The summed E-state index contributed by atoms with van der Waals surface area (Å²) in [4.78, 5) is 11.4. The minimum absolute atomic E-state index is 0.0628. The highest BCUT2D eigenvalue weighted by Crippen LogP contribution is 2.34. The van der Waals surface area contributed by atoms with Gasteiger partial charge >= 0.3 is 0 Å². The van der Waals surface area contributed by atoms with Crippen LogP contribution in [0.2, 0.25) is 0 Å². The van der Waals surface area contributed by atoms with Crippen molar-refractivity contribution in [2.75, 3.05) is 30.9 Å². The number of piperidine rings is 1. The normalized spacial score (nSPS) is 25.7. The second-order valence-corrected chi connectivity index (χ2v) is 11.7. The lowest BCUT2D eigenvalue weighted by Crippen LogP contribution is -2.52. The predicted molar refractivity (Wildman–Crippen MR) is 136 cm³/mol. The second kappa shape index (κ2) is 10.2. The van der Waals surface area contributed by atoms with E-state index in [1.807, 2.05) is 42.3 Å². The molecule has 9 nitrogen and oxygen atoms in total. The van der Waals surface area contributed by atoms with Gasteiger partial charge < -0.3 is 9.64 Å². The molecule has 188 valence electrons. The lowest BCUT2D eigenvalue weighted by Gasteiger charge is -2.40. The third-order valence-corrected chi connectivity index (χ3v) is 8.10. The quantitative estimate of drug-likeness (QED) is 0.534. The number of fused-ring (bicyclic) bond motifs is 1. The summed E-state index contributed by atoms with van der Waals surface area (Å²) in [5.74, 6) is 1.43. The third kappa shape index (κ3) is 5.82. The number of aromatic nitrogens is 4. The van der Waals surface area contributed by atoms with Crippen molar-refractivity contribution in [2.24, 2.45) is 13.0 Å². The van der Waals surface area contributed by atoms with Crippen LogP contribution < -0.4 is 9.62 Å². The molecule has 4 heterocycles. The highest BCUT2D eigenvalue weighted by molar-refractivity contribution is 7.88. The van der Waals surface area contributed by atoms with Gasteiger partial charge in [-0.25, -0.2) is 18.1 Å². The zero-order valence-electron chi connectivity index (χ0n) is 20.4. The van der Waals surface area contributed by atoms with Gasteiger partial charge in [0.1, 0.15) is 5.82 Å². The summed E-state index contributed by atoms with van der Waals surface area (Å²) in [5.41, 5.74) is 2.19. The van der Waals surface area contributed by atoms with E-state index in [4.69, 9.17) is 9.72 Å². The Morgan fingerprint density at radius 1 is 1.11 bits per heavy atom. The van der Waals surface area contributed by atoms with E-state index < -0.39 is 10.0 Å². The molecule has 3 aromatic heterocycles. The molecule has 2 aliphatic rings. The monoisotopic (exact) mass is 498 g/mol. The van der Waals surface area contributed by atoms with Crippen molar-refractivity contribution < 1.29 is 13.2 Å². The average molecular weight is 499 g/mol. The van der Waals surface area contributed by atoms with Crippen LogP contribution >= 0.6 is 0 Å². The van der Waals surface area contributed by atoms with Crippen molar-refractivity contribution in [1.82, 2.24) is 24.5 Å². The Balaban J connectivity index is 1.18. The number of aryl methyl sites for hydroxylation is 1. The summed E-state index contributed by atoms with van der Waals surface area (Å²) in [5, 5.41) is 5.46. The molecular weight excluding hydrogens is 464 g/mol. The molecule has 1 aliphatic carbocycles. The maximum Gasteiger partial charge on any atom is 0.208 e. The topological polar surface area (TPSA) is 102 Å². The third-order valence-electron chi connectivity index (χ3n) is 7.36. The molecular formula is C25H34N6O3S. The van der Waals surface area contributed by atoms with Crippen LogP contribution in [0.1, 0.15) is 43.7 Å². The van der Waals surface area contributed by atoms with Crippen LogP contribution in [0.5, 0.6) is 0 Å². The van der Waals surface area contributed by atoms with Gasteiger partial charge in [-0.1, -0.05) is 6.07 Å². The molecule has 3 aromatic rings. The highest BCUT2D eigenvalue weighted by atomic mass is 32.2. The molecule has 10 heteroatoms. The van der Waals surface area contributed by atoms with Gasteiger partial charge in [0.15, 0.2) is 0 Å². The summed E-state index contributed by atoms with van der Waals surface area (Å²) in [7, 11) is -1.35. The molecule has 5 rings (SSSR count). The Morgan fingerprint density at radius 2 is 1.94 bits per heavy atom. The zero-order chi connectivity index (χ0) is 24.4. The van der Waals surface area contributed by atoms with E-state index in [9.17, 15) is 8.42 Å². The highest BCUT2D eigenvalue weighted by Gasteiger charge is 2.33. The van der Waals surface area contributed by atoms with Crippen LogP contribution in [0.3, 0.4) is 0 Å². The maximum absolute atomic E-state index is 12.0. The number of nitrogens with one attached hydrogen (secondary N) is 1. The standard InChI is InChI=1S/C25H34N6O3S/c1-30-24-15-27-23(13-19(24)14-28-30)18-6-8-21(9-7-18)34-17-20-16-31(25-5-3-4-11-26-25)12-10-22(20)29-35(2,32)33/h3-5,11,13-15,18,20-22,29H,6-10,12,16-17H2,1-2H3/t18-,20-,21+,22-/m0/s1. The van der Waals surface area contributed by atoms with Gasteiger partial charge in [0.05, 0.1) is 36.9 Å². The van der Waals surface area contributed by atoms with Gasteiger partial charge in [-0.3, -0.25) is 9.67 Å². The Hall–Kier alpha value is -2.56. The van der Waals surface area contributed by atoms with E-state index in [1.165, 1.54) is 6.26 Å². The molecule has 0 spiro atoms. The molecule has 1 N–H and O–H groups in total. The van der Waals surface area contributed by atoms with E-state index in [0.717, 1.165) is 61.1 Å². The molecule has 0 radical (unpaired) electrons. The van der Waals surface area contributed by atoms with Crippen LogP contribution in [0, 0.1) is 5.92 Å². The van der Waals surface area contributed by atoms with E-state index >= 15 is 0 Å². The molecule has 2 fully saturated rings. The van der Waals surface area contributed by atoms with Crippen LogP contribution in [-0.4, -0.2) is 66.3 Å². The van der Waals surface area contributed by atoms with Crippen LogP contribution in [0.15, 0.2) is 42.9 Å². The van der Waals surface area contributed by atoms with E-state index in [2.05, 4.69) is 25.8 Å². The fourth-order valence-corrected chi connectivity index (χ4v) is 6.31. The molecule has 0 bridgehead atoms. The first-order valence-electron chi connectivity index (χ1n) is 12.4. The number of nitrogens with zero attached hydrogens (tertiary/aromatic N) is 5. The number of sulfonamides is 1.